The van der Waals surface area contributed by atoms with Gasteiger partial charge >= 0.3 is 0 Å². The Kier molecular flexibility index (Phi) is 8.34. The van der Waals surface area contributed by atoms with Crippen LogP contribution in [0.2, 0.25) is 0 Å². The quantitative estimate of drug-likeness (QED) is 0.219. The third-order valence-corrected chi connectivity index (χ3v) is 9.91. The summed E-state index contributed by atoms with van der Waals surface area (Å²) in [7, 11) is 0. The highest BCUT2D eigenvalue weighted by Crippen LogP contribution is 2.49. The average Bonchev–Trinajstić information content (AvgIpc) is 3.32. The van der Waals surface area contributed by atoms with Crippen LogP contribution >= 0.6 is 0 Å². The number of allylic oxidation sites excluding steroid dienone is 8. The topological polar surface area (TPSA) is 15.3 Å². The molecule has 0 spiro atoms. The zero-order valence-corrected chi connectivity index (χ0v) is 23.2. The van der Waals surface area contributed by atoms with E-state index >= 15 is 0 Å². The molecule has 1 saturated heterocycles. The van der Waals surface area contributed by atoms with Crippen molar-refractivity contribution in [2.45, 2.75) is 101 Å². The van der Waals surface area contributed by atoms with Crippen molar-refractivity contribution in [3.8, 4) is 11.8 Å². The Morgan fingerprint density at radius 1 is 1.00 bits per heavy atom. The lowest BCUT2D eigenvalue weighted by Crippen LogP contribution is -2.50. The third kappa shape index (κ3) is 5.38. The second-order valence-corrected chi connectivity index (χ2v) is 12.2. The van der Waals surface area contributed by atoms with E-state index in [4.69, 9.17) is 0 Å². The van der Waals surface area contributed by atoms with Gasteiger partial charge in [-0.05, 0) is 76.2 Å². The van der Waals surface area contributed by atoms with E-state index in [-0.39, 0.29) is 0 Å². The van der Waals surface area contributed by atoms with Crippen LogP contribution in [0.5, 0.6) is 0 Å². The number of hydrogen-bond acceptors (Lipinski definition) is 2. The first-order chi connectivity index (χ1) is 18.8. The monoisotopic (exact) mass is 506 g/mol. The van der Waals surface area contributed by atoms with Crippen LogP contribution in [-0.4, -0.2) is 35.1 Å². The minimum atomic E-state index is 0.390. The number of fused-ring (bicyclic) bond motifs is 3. The minimum Gasteiger partial charge on any atom is -0.304 e. The molecule has 200 valence electrons. The predicted octanol–water partition coefficient (Wildman–Crippen LogP) is 7.46. The van der Waals surface area contributed by atoms with Crippen LogP contribution in [0.3, 0.4) is 0 Å². The fraction of sp³-hybridized carbons (Fsp3) is 0.556. The van der Waals surface area contributed by atoms with E-state index in [0.29, 0.717) is 53.9 Å². The average molecular weight is 507 g/mol. The number of nitrogens with one attached hydrogen (secondary N) is 1. The van der Waals surface area contributed by atoms with Gasteiger partial charge in [0.2, 0.25) is 0 Å². The molecule has 0 saturated carbocycles. The molecule has 9 unspecified atom stereocenters. The summed E-state index contributed by atoms with van der Waals surface area (Å²) in [6.45, 7) is 2.09. The van der Waals surface area contributed by atoms with Crippen molar-refractivity contribution in [3.05, 3.63) is 84.6 Å². The summed E-state index contributed by atoms with van der Waals surface area (Å²) in [6, 6.07) is 2.78. The fourth-order valence-electron chi connectivity index (χ4n) is 8.14. The lowest BCUT2D eigenvalue weighted by molar-refractivity contribution is 0.0811. The SMILES string of the molecule is C/C=C\C=C/CC1C=C(C2CC#CC3C4C=CCCC4N(C4CC=CCC4)C23)C=CC1NC1C=CCCC1. The van der Waals surface area contributed by atoms with Crippen molar-refractivity contribution >= 4 is 0 Å². The first-order valence-electron chi connectivity index (χ1n) is 15.5. The van der Waals surface area contributed by atoms with Crippen molar-refractivity contribution < 1.29 is 0 Å². The maximum absolute atomic E-state index is 3.99. The Balaban J connectivity index is 1.29. The minimum absolute atomic E-state index is 0.390. The molecular formula is C36H46N2. The summed E-state index contributed by atoms with van der Waals surface area (Å²) >= 11 is 0. The third-order valence-electron chi connectivity index (χ3n) is 9.91. The molecule has 0 aromatic heterocycles. The summed E-state index contributed by atoms with van der Waals surface area (Å²) in [5.41, 5.74) is 1.55. The van der Waals surface area contributed by atoms with E-state index in [1.165, 1.54) is 51.4 Å². The lowest BCUT2D eigenvalue weighted by Gasteiger charge is -2.43. The van der Waals surface area contributed by atoms with Gasteiger partial charge in [-0.15, -0.1) is 5.92 Å². The molecule has 2 heteroatoms. The zero-order chi connectivity index (χ0) is 25.7. The highest BCUT2D eigenvalue weighted by atomic mass is 15.3. The summed E-state index contributed by atoms with van der Waals surface area (Å²) in [5.74, 6) is 9.53. The van der Waals surface area contributed by atoms with E-state index in [2.05, 4.69) is 108 Å². The van der Waals surface area contributed by atoms with Gasteiger partial charge < -0.3 is 5.32 Å². The molecule has 1 fully saturated rings. The first-order valence-corrected chi connectivity index (χ1v) is 15.5. The molecule has 0 aromatic carbocycles. The fourth-order valence-corrected chi connectivity index (χ4v) is 8.14. The summed E-state index contributed by atoms with van der Waals surface area (Å²) in [6.07, 6.45) is 43.2. The van der Waals surface area contributed by atoms with Crippen LogP contribution < -0.4 is 5.32 Å². The van der Waals surface area contributed by atoms with Gasteiger partial charge in [0, 0.05) is 54.4 Å². The molecule has 6 aliphatic rings. The zero-order valence-electron chi connectivity index (χ0n) is 23.2. The molecule has 0 aromatic rings. The molecule has 1 heterocycles. The van der Waals surface area contributed by atoms with Crippen LogP contribution in [0.25, 0.3) is 0 Å². The van der Waals surface area contributed by atoms with Crippen LogP contribution in [0.4, 0.5) is 0 Å². The maximum Gasteiger partial charge on any atom is 0.0442 e. The predicted molar refractivity (Wildman–Crippen MR) is 160 cm³/mol. The Morgan fingerprint density at radius 2 is 1.92 bits per heavy atom. The standard InChI is InChI=1S/C36H46N2/c1-2-3-4-7-15-28-26-27(24-25-34(28)37-29-16-8-5-9-17-29)31-21-14-22-33-32-20-12-13-23-35(32)38(36(31)33)30-18-10-6-11-19-30/h2-4,6-8,10,12,16,20,24-26,28-37H,5,9,11,13,15,17-19,21,23H2,1H3/b3-2-,7-4-. The van der Waals surface area contributed by atoms with E-state index in [9.17, 15) is 0 Å². The summed E-state index contributed by atoms with van der Waals surface area (Å²) in [5, 5.41) is 3.99. The van der Waals surface area contributed by atoms with Gasteiger partial charge in [-0.25, -0.2) is 0 Å². The lowest BCUT2D eigenvalue weighted by atomic mass is 9.72. The second kappa shape index (κ2) is 12.2. The van der Waals surface area contributed by atoms with Gasteiger partial charge in [0.25, 0.3) is 0 Å². The molecule has 5 aliphatic carbocycles. The molecule has 6 rings (SSSR count). The smallest absolute Gasteiger partial charge is 0.0442 e. The first kappa shape index (κ1) is 25.9. The van der Waals surface area contributed by atoms with E-state index in [1.807, 2.05) is 0 Å². The van der Waals surface area contributed by atoms with Crippen molar-refractivity contribution in [2.75, 3.05) is 0 Å². The highest BCUT2D eigenvalue weighted by molar-refractivity contribution is 5.37. The van der Waals surface area contributed by atoms with Gasteiger partial charge in [0.05, 0.1) is 0 Å². The van der Waals surface area contributed by atoms with E-state index in [1.54, 1.807) is 5.57 Å². The van der Waals surface area contributed by atoms with Gasteiger partial charge in [-0.3, -0.25) is 4.90 Å². The molecule has 38 heavy (non-hydrogen) atoms. The Morgan fingerprint density at radius 3 is 2.76 bits per heavy atom. The molecule has 0 amide bonds. The highest BCUT2D eigenvalue weighted by Gasteiger charge is 2.53. The van der Waals surface area contributed by atoms with E-state index in [0.717, 1.165) is 12.8 Å². The summed E-state index contributed by atoms with van der Waals surface area (Å²) < 4.78 is 0. The number of hydrogen-bond donors (Lipinski definition) is 1. The van der Waals surface area contributed by atoms with Crippen LogP contribution in [0, 0.1) is 35.5 Å². The largest absolute Gasteiger partial charge is 0.304 e. The van der Waals surface area contributed by atoms with Crippen LogP contribution in [-0.2, 0) is 0 Å². The molecule has 2 nitrogen and oxygen atoms in total. The van der Waals surface area contributed by atoms with Crippen molar-refractivity contribution in [3.63, 3.8) is 0 Å². The Hall–Kier alpha value is -2.34. The van der Waals surface area contributed by atoms with Gasteiger partial charge in [-0.2, -0.15) is 0 Å². The van der Waals surface area contributed by atoms with Crippen molar-refractivity contribution in [1.82, 2.24) is 10.2 Å². The molecule has 1 aliphatic heterocycles. The number of nitrogens with zero attached hydrogens (tertiary/aromatic N) is 1. The molecular weight excluding hydrogens is 460 g/mol. The second-order valence-electron chi connectivity index (χ2n) is 12.2. The van der Waals surface area contributed by atoms with Gasteiger partial charge in [0.1, 0.15) is 0 Å². The molecule has 0 bridgehead atoms. The molecule has 9 atom stereocenters. The number of likely N-dealkylation sites (tertiary alicyclic amines) is 1. The Bertz CT molecular complexity index is 1100. The van der Waals surface area contributed by atoms with Crippen molar-refractivity contribution in [1.29, 1.82) is 0 Å². The van der Waals surface area contributed by atoms with Gasteiger partial charge in [-0.1, -0.05) is 84.9 Å². The molecule has 1 N–H and O–H groups in total. The normalized spacial score (nSPS) is 40.2. The van der Waals surface area contributed by atoms with E-state index < -0.39 is 0 Å². The van der Waals surface area contributed by atoms with Crippen LogP contribution in [0.15, 0.2) is 84.6 Å². The number of rotatable bonds is 7. The molecule has 0 radical (unpaired) electrons. The summed E-state index contributed by atoms with van der Waals surface area (Å²) in [4.78, 5) is 3.01. The maximum atomic E-state index is 3.99. The van der Waals surface area contributed by atoms with Gasteiger partial charge in [0.15, 0.2) is 0 Å². The van der Waals surface area contributed by atoms with Crippen LogP contribution in [0.1, 0.15) is 71.1 Å². The van der Waals surface area contributed by atoms with Crippen molar-refractivity contribution in [2.24, 2.45) is 23.7 Å². The Labute approximate surface area is 231 Å².